The van der Waals surface area contributed by atoms with Crippen LogP contribution in [0.4, 0.5) is 16.4 Å². The van der Waals surface area contributed by atoms with Crippen molar-refractivity contribution >= 4 is 29.1 Å². The van der Waals surface area contributed by atoms with E-state index in [-0.39, 0.29) is 6.09 Å². The minimum atomic E-state index is -0.250. The number of aryl methyl sites for hydroxylation is 1. The van der Waals surface area contributed by atoms with Gasteiger partial charge in [0.15, 0.2) is 0 Å². The van der Waals surface area contributed by atoms with Crippen LogP contribution >= 0.6 is 11.3 Å². The van der Waals surface area contributed by atoms with Gasteiger partial charge in [0.1, 0.15) is 11.6 Å². The predicted octanol–water partition coefficient (Wildman–Crippen LogP) is 4.60. The lowest BCUT2D eigenvalue weighted by Crippen LogP contribution is -2.37. The van der Waals surface area contributed by atoms with E-state index in [1.807, 2.05) is 43.5 Å². The van der Waals surface area contributed by atoms with E-state index < -0.39 is 0 Å². The summed E-state index contributed by atoms with van der Waals surface area (Å²) in [5.74, 6) is 1.89. The van der Waals surface area contributed by atoms with Crippen molar-refractivity contribution in [2.45, 2.75) is 25.7 Å². The molecule has 1 amide bonds. The first kappa shape index (κ1) is 19.3. The van der Waals surface area contributed by atoms with Crippen molar-refractivity contribution < 1.29 is 9.53 Å². The maximum atomic E-state index is 11.7. The van der Waals surface area contributed by atoms with Gasteiger partial charge in [-0.2, -0.15) is 0 Å². The Kier molecular flexibility index (Phi) is 5.71. The number of carbonyl (C=O) groups excluding carboxylic acids is 1. The molecule has 1 aliphatic rings. The molecule has 3 aromatic heterocycles. The van der Waals surface area contributed by atoms with E-state index in [9.17, 15) is 4.79 Å². The largest absolute Gasteiger partial charge is 0.453 e. The van der Waals surface area contributed by atoms with Crippen molar-refractivity contribution in [2.75, 3.05) is 25.5 Å². The fourth-order valence-electron chi connectivity index (χ4n) is 3.41. The number of likely N-dealkylation sites (tertiary alicyclic amines) is 1. The van der Waals surface area contributed by atoms with E-state index in [2.05, 4.69) is 15.3 Å². The van der Waals surface area contributed by atoms with Crippen LogP contribution in [-0.4, -0.2) is 46.1 Å². The molecule has 0 spiro atoms. The molecule has 0 radical (unpaired) electrons. The summed E-state index contributed by atoms with van der Waals surface area (Å²) >= 11 is 1.67. The molecule has 0 saturated carbocycles. The third-order valence-corrected chi connectivity index (χ3v) is 6.16. The van der Waals surface area contributed by atoms with Crippen LogP contribution in [0, 0.1) is 6.92 Å². The number of piperidine rings is 1. The second-order valence-corrected chi connectivity index (χ2v) is 8.11. The average molecular weight is 410 g/mol. The second-order valence-electron chi connectivity index (χ2n) is 7.05. The van der Waals surface area contributed by atoms with Crippen LogP contribution in [0.3, 0.4) is 0 Å². The Morgan fingerprint density at radius 3 is 2.79 bits per heavy atom. The Hall–Kier alpha value is -3.00. The molecule has 4 heterocycles. The zero-order valence-electron chi connectivity index (χ0n) is 16.5. The normalized spacial score (nSPS) is 14.6. The molecule has 3 aromatic rings. The van der Waals surface area contributed by atoms with Crippen molar-refractivity contribution in [3.63, 3.8) is 0 Å². The zero-order chi connectivity index (χ0) is 20.2. The molecule has 0 aliphatic carbocycles. The van der Waals surface area contributed by atoms with Crippen molar-refractivity contribution in [1.82, 2.24) is 19.9 Å². The lowest BCUT2D eigenvalue weighted by molar-refractivity contribution is 0.112. The van der Waals surface area contributed by atoms with Gasteiger partial charge in [-0.05, 0) is 49.6 Å². The van der Waals surface area contributed by atoms with Crippen LogP contribution in [0.2, 0.25) is 0 Å². The summed E-state index contributed by atoms with van der Waals surface area (Å²) in [4.78, 5) is 28.1. The summed E-state index contributed by atoms with van der Waals surface area (Å²) in [5, 5.41) is 4.36. The standard InChI is InChI=1S/C21H23N5O2S/c1-14-6-9-22-19(12-14)25-18-5-3-4-16(24-18)17-13-23-20(29-17)15-7-10-26(11-8-15)21(27)28-2/h3-6,9,12-13,15H,7-8,10-11H2,1-2H3,(H,22,24,25). The summed E-state index contributed by atoms with van der Waals surface area (Å²) in [6.07, 6.45) is 5.22. The number of pyridine rings is 2. The number of ether oxygens (including phenoxy) is 1. The number of anilines is 2. The second kappa shape index (κ2) is 8.57. The summed E-state index contributed by atoms with van der Waals surface area (Å²) in [5.41, 5.74) is 2.03. The highest BCUT2D eigenvalue weighted by Gasteiger charge is 2.26. The molecular weight excluding hydrogens is 386 g/mol. The number of thiazole rings is 1. The highest BCUT2D eigenvalue weighted by atomic mass is 32.1. The molecule has 0 bridgehead atoms. The number of methoxy groups -OCH3 is 1. The molecular formula is C21H23N5O2S. The maximum Gasteiger partial charge on any atom is 0.409 e. The van der Waals surface area contributed by atoms with Gasteiger partial charge in [0.05, 0.1) is 22.7 Å². The van der Waals surface area contributed by atoms with E-state index in [1.165, 1.54) is 7.11 Å². The minimum Gasteiger partial charge on any atom is -0.453 e. The van der Waals surface area contributed by atoms with E-state index >= 15 is 0 Å². The van der Waals surface area contributed by atoms with E-state index in [0.717, 1.165) is 45.6 Å². The van der Waals surface area contributed by atoms with Gasteiger partial charge in [-0.15, -0.1) is 11.3 Å². The van der Waals surface area contributed by atoms with Crippen LogP contribution in [-0.2, 0) is 4.74 Å². The molecule has 4 rings (SSSR count). The number of carbonyl (C=O) groups is 1. The highest BCUT2D eigenvalue weighted by molar-refractivity contribution is 7.15. The van der Waals surface area contributed by atoms with Crippen molar-refractivity contribution in [1.29, 1.82) is 0 Å². The first-order chi connectivity index (χ1) is 14.1. The Labute approximate surface area is 173 Å². The minimum absolute atomic E-state index is 0.250. The molecule has 150 valence electrons. The fraction of sp³-hybridized carbons (Fsp3) is 0.333. The van der Waals surface area contributed by atoms with Gasteiger partial charge in [-0.3, -0.25) is 0 Å². The van der Waals surface area contributed by atoms with Gasteiger partial charge in [-0.1, -0.05) is 6.07 Å². The summed E-state index contributed by atoms with van der Waals surface area (Å²) in [7, 11) is 1.42. The SMILES string of the molecule is COC(=O)N1CCC(c2ncc(-c3cccc(Nc4cc(C)ccn4)n3)s2)CC1. The molecule has 0 atom stereocenters. The molecule has 0 aromatic carbocycles. The van der Waals surface area contributed by atoms with Crippen LogP contribution in [0.5, 0.6) is 0 Å². The number of aromatic nitrogens is 3. The van der Waals surface area contributed by atoms with Crippen molar-refractivity contribution in [2.24, 2.45) is 0 Å². The number of rotatable bonds is 4. The Morgan fingerprint density at radius 2 is 2.03 bits per heavy atom. The highest BCUT2D eigenvalue weighted by Crippen LogP contribution is 2.34. The van der Waals surface area contributed by atoms with Crippen LogP contribution in [0.15, 0.2) is 42.7 Å². The summed E-state index contributed by atoms with van der Waals surface area (Å²) < 4.78 is 4.81. The molecule has 7 nitrogen and oxygen atoms in total. The first-order valence-electron chi connectivity index (χ1n) is 9.58. The Balaban J connectivity index is 1.45. The van der Waals surface area contributed by atoms with E-state index in [1.54, 1.807) is 22.4 Å². The molecule has 1 fully saturated rings. The van der Waals surface area contributed by atoms with Gasteiger partial charge >= 0.3 is 6.09 Å². The molecule has 0 unspecified atom stereocenters. The third kappa shape index (κ3) is 4.54. The number of hydrogen-bond acceptors (Lipinski definition) is 7. The van der Waals surface area contributed by atoms with Gasteiger partial charge in [-0.25, -0.2) is 19.7 Å². The average Bonchev–Trinajstić information content (AvgIpc) is 3.24. The molecule has 8 heteroatoms. The smallest absolute Gasteiger partial charge is 0.409 e. The summed E-state index contributed by atoms with van der Waals surface area (Å²) in [6, 6.07) is 9.85. The Bertz CT molecular complexity index is 998. The number of hydrogen-bond donors (Lipinski definition) is 1. The molecule has 1 saturated heterocycles. The third-order valence-electron chi connectivity index (χ3n) is 4.97. The zero-order valence-corrected chi connectivity index (χ0v) is 17.3. The lowest BCUT2D eigenvalue weighted by atomic mass is 9.98. The van der Waals surface area contributed by atoms with Gasteiger partial charge in [0.25, 0.3) is 0 Å². The molecule has 29 heavy (non-hydrogen) atoms. The van der Waals surface area contributed by atoms with Gasteiger partial charge < -0.3 is 15.0 Å². The molecule has 1 N–H and O–H groups in total. The van der Waals surface area contributed by atoms with Gasteiger partial charge in [0.2, 0.25) is 0 Å². The summed E-state index contributed by atoms with van der Waals surface area (Å²) in [6.45, 7) is 3.44. The Morgan fingerprint density at radius 1 is 1.21 bits per heavy atom. The van der Waals surface area contributed by atoms with Crippen molar-refractivity contribution in [3.05, 3.63) is 53.3 Å². The maximum absolute atomic E-state index is 11.7. The van der Waals surface area contributed by atoms with Crippen LogP contribution in [0.25, 0.3) is 10.6 Å². The fourth-order valence-corrected chi connectivity index (χ4v) is 4.47. The monoisotopic (exact) mass is 409 g/mol. The van der Waals surface area contributed by atoms with Crippen LogP contribution < -0.4 is 5.32 Å². The van der Waals surface area contributed by atoms with Gasteiger partial charge in [0, 0.05) is 31.4 Å². The van der Waals surface area contributed by atoms with E-state index in [0.29, 0.717) is 19.0 Å². The number of nitrogens with one attached hydrogen (secondary N) is 1. The first-order valence-corrected chi connectivity index (χ1v) is 10.4. The van der Waals surface area contributed by atoms with Crippen LogP contribution in [0.1, 0.15) is 29.3 Å². The molecule has 1 aliphatic heterocycles. The number of amides is 1. The lowest BCUT2D eigenvalue weighted by Gasteiger charge is -2.29. The topological polar surface area (TPSA) is 80.2 Å². The number of nitrogens with zero attached hydrogens (tertiary/aromatic N) is 4. The van der Waals surface area contributed by atoms with Crippen molar-refractivity contribution in [3.8, 4) is 10.6 Å². The predicted molar refractivity (Wildman–Crippen MR) is 114 cm³/mol. The quantitative estimate of drug-likeness (QED) is 0.678. The van der Waals surface area contributed by atoms with E-state index in [4.69, 9.17) is 9.72 Å².